The van der Waals surface area contributed by atoms with Gasteiger partial charge < -0.3 is 4.74 Å². The summed E-state index contributed by atoms with van der Waals surface area (Å²) in [5, 5.41) is 0. The third kappa shape index (κ3) is 3.92. The molecule has 0 unspecified atom stereocenters. The maximum atomic E-state index is 5.58. The minimum absolute atomic E-state index is 0.598. The molecule has 15 heavy (non-hydrogen) atoms. The summed E-state index contributed by atoms with van der Waals surface area (Å²) in [6, 6.07) is 4.07. The van der Waals surface area contributed by atoms with E-state index in [2.05, 4.69) is 42.4 Å². The van der Waals surface area contributed by atoms with E-state index in [1.54, 1.807) is 0 Å². The van der Waals surface area contributed by atoms with Crippen LogP contribution in [0, 0.1) is 13.8 Å². The molecule has 1 aromatic rings. The van der Waals surface area contributed by atoms with Crippen LogP contribution in [-0.4, -0.2) is 12.4 Å². The topological polar surface area (TPSA) is 9.23 Å². The van der Waals surface area contributed by atoms with Crippen LogP contribution in [0.25, 0.3) is 0 Å². The van der Waals surface area contributed by atoms with E-state index < -0.39 is 0 Å². The van der Waals surface area contributed by atoms with Gasteiger partial charge in [-0.25, -0.2) is 0 Å². The lowest BCUT2D eigenvalue weighted by molar-refractivity contribution is 0.362. The first-order chi connectivity index (χ1) is 7.15. The molecule has 0 fully saturated rings. The van der Waals surface area contributed by atoms with Crippen LogP contribution in [0.4, 0.5) is 0 Å². The van der Waals surface area contributed by atoms with Gasteiger partial charge in [-0.1, -0.05) is 28.1 Å². The first-order valence-corrected chi connectivity index (χ1v) is 6.23. The smallest absolute Gasteiger partial charge is 0.120 e. The molecule has 0 bridgehead atoms. The summed E-state index contributed by atoms with van der Waals surface area (Å²) in [6.45, 7) is 4.72. The number of benzene rings is 1. The van der Waals surface area contributed by atoms with Crippen LogP contribution in [0.2, 0.25) is 0 Å². The van der Waals surface area contributed by atoms with Crippen molar-refractivity contribution < 1.29 is 4.74 Å². The summed E-state index contributed by atoms with van der Waals surface area (Å²) in [4.78, 5) is 0. The molecule has 1 nitrogen and oxygen atoms in total. The van der Waals surface area contributed by atoms with Crippen LogP contribution in [0.15, 0.2) is 28.8 Å². The largest absolute Gasteiger partial charge is 0.490 e. The average Bonchev–Trinajstić information content (AvgIpc) is 2.21. The van der Waals surface area contributed by atoms with Gasteiger partial charge in [0.2, 0.25) is 0 Å². The van der Waals surface area contributed by atoms with Crippen molar-refractivity contribution in [1.29, 1.82) is 0 Å². The Morgan fingerprint density at radius 3 is 2.40 bits per heavy atom. The molecule has 82 valence electrons. The van der Waals surface area contributed by atoms with Gasteiger partial charge >= 0.3 is 0 Å². The van der Waals surface area contributed by atoms with Gasteiger partial charge in [-0.15, -0.1) is 0 Å². The molecule has 0 amide bonds. The highest BCUT2D eigenvalue weighted by molar-refractivity contribution is 9.10. The van der Waals surface area contributed by atoms with Crippen molar-refractivity contribution in [2.45, 2.75) is 13.8 Å². The van der Waals surface area contributed by atoms with Crippen LogP contribution in [0.5, 0.6) is 5.75 Å². The zero-order chi connectivity index (χ0) is 11.3. The Morgan fingerprint density at radius 1 is 1.27 bits per heavy atom. The molecule has 0 radical (unpaired) electrons. The van der Waals surface area contributed by atoms with Gasteiger partial charge in [0.25, 0.3) is 0 Å². The van der Waals surface area contributed by atoms with Gasteiger partial charge in [0, 0.05) is 10.2 Å². The Morgan fingerprint density at radius 2 is 1.87 bits per heavy atom. The number of halogens is 1. The lowest BCUT2D eigenvalue weighted by atomic mass is 10.1. The quantitative estimate of drug-likeness (QED) is 0.652. The SMILES string of the molecule is Cc1cc(OC/C=C/CS)cc(C)c1Br. The molecule has 3 heteroatoms. The van der Waals surface area contributed by atoms with E-state index in [-0.39, 0.29) is 0 Å². The summed E-state index contributed by atoms with van der Waals surface area (Å²) in [5.41, 5.74) is 2.39. The summed E-state index contributed by atoms with van der Waals surface area (Å²) < 4.78 is 6.74. The second-order valence-electron chi connectivity index (χ2n) is 3.34. The fraction of sp³-hybridized carbons (Fsp3) is 0.333. The fourth-order valence-corrected chi connectivity index (χ4v) is 1.65. The zero-order valence-corrected chi connectivity index (χ0v) is 11.4. The number of hydrogen-bond acceptors (Lipinski definition) is 2. The molecule has 0 spiro atoms. The molecule has 0 atom stereocenters. The van der Waals surface area contributed by atoms with E-state index in [1.807, 2.05) is 24.3 Å². The fourth-order valence-electron chi connectivity index (χ4n) is 1.28. The van der Waals surface area contributed by atoms with Crippen molar-refractivity contribution in [1.82, 2.24) is 0 Å². The molecule has 0 saturated carbocycles. The third-order valence-corrected chi connectivity index (χ3v) is 3.49. The van der Waals surface area contributed by atoms with Crippen molar-refractivity contribution in [3.05, 3.63) is 39.9 Å². The molecule has 1 rings (SSSR count). The van der Waals surface area contributed by atoms with Gasteiger partial charge in [0.1, 0.15) is 12.4 Å². The number of aryl methyl sites for hydroxylation is 2. The highest BCUT2D eigenvalue weighted by Gasteiger charge is 2.02. The Bertz CT molecular complexity index is 338. The zero-order valence-electron chi connectivity index (χ0n) is 8.96. The monoisotopic (exact) mass is 286 g/mol. The van der Waals surface area contributed by atoms with Gasteiger partial charge in [-0.2, -0.15) is 12.6 Å². The van der Waals surface area contributed by atoms with Crippen LogP contribution in [0.3, 0.4) is 0 Å². The molecule has 0 saturated heterocycles. The second-order valence-corrected chi connectivity index (χ2v) is 4.49. The first kappa shape index (κ1) is 12.7. The maximum absolute atomic E-state index is 5.58. The molecular weight excluding hydrogens is 272 g/mol. The normalized spacial score (nSPS) is 10.9. The van der Waals surface area contributed by atoms with E-state index in [9.17, 15) is 0 Å². The molecule has 0 N–H and O–H groups in total. The highest BCUT2D eigenvalue weighted by Crippen LogP contribution is 2.26. The van der Waals surface area contributed by atoms with Gasteiger partial charge in [0.05, 0.1) is 0 Å². The molecule has 0 heterocycles. The van der Waals surface area contributed by atoms with Crippen LogP contribution in [-0.2, 0) is 0 Å². The molecule has 0 aliphatic carbocycles. The molecule has 1 aromatic carbocycles. The van der Waals surface area contributed by atoms with Crippen LogP contribution < -0.4 is 4.74 Å². The van der Waals surface area contributed by atoms with Crippen molar-refractivity contribution in [2.75, 3.05) is 12.4 Å². The Balaban J connectivity index is 2.66. The van der Waals surface area contributed by atoms with E-state index >= 15 is 0 Å². The van der Waals surface area contributed by atoms with Crippen LogP contribution >= 0.6 is 28.6 Å². The maximum Gasteiger partial charge on any atom is 0.120 e. The van der Waals surface area contributed by atoms with Crippen molar-refractivity contribution in [3.63, 3.8) is 0 Å². The predicted octanol–water partition coefficient (Wildman–Crippen LogP) is 3.93. The van der Waals surface area contributed by atoms with Crippen molar-refractivity contribution >= 4 is 28.6 Å². The van der Waals surface area contributed by atoms with E-state index in [0.717, 1.165) is 16.0 Å². The standard InChI is InChI=1S/C12H15BrOS/c1-9-7-11(8-10(2)12(9)13)14-5-3-4-6-15/h3-4,7-8,15H,5-6H2,1-2H3/b4-3+. The first-order valence-electron chi connectivity index (χ1n) is 4.80. The minimum atomic E-state index is 0.598. The lowest BCUT2D eigenvalue weighted by Crippen LogP contribution is -1.95. The molecule has 0 aliphatic heterocycles. The van der Waals surface area contributed by atoms with Gasteiger partial charge in [-0.3, -0.25) is 0 Å². The van der Waals surface area contributed by atoms with Gasteiger partial charge in [-0.05, 0) is 37.1 Å². The number of hydrogen-bond donors (Lipinski definition) is 1. The number of ether oxygens (including phenoxy) is 1. The van der Waals surface area contributed by atoms with E-state index in [1.165, 1.54) is 11.1 Å². The summed E-state index contributed by atoms with van der Waals surface area (Å²) >= 11 is 7.61. The molecule has 0 aromatic heterocycles. The highest BCUT2D eigenvalue weighted by atomic mass is 79.9. The Hall–Kier alpha value is -0.410. The predicted molar refractivity (Wildman–Crippen MR) is 72.1 cm³/mol. The summed E-state index contributed by atoms with van der Waals surface area (Å²) in [6.07, 6.45) is 3.95. The third-order valence-electron chi connectivity index (χ3n) is 2.03. The minimum Gasteiger partial charge on any atom is -0.490 e. The molecule has 0 aliphatic rings. The number of rotatable bonds is 4. The van der Waals surface area contributed by atoms with Crippen molar-refractivity contribution in [2.24, 2.45) is 0 Å². The van der Waals surface area contributed by atoms with Crippen LogP contribution in [0.1, 0.15) is 11.1 Å². The van der Waals surface area contributed by atoms with Gasteiger partial charge in [0.15, 0.2) is 0 Å². The molecular formula is C12H15BrOS. The van der Waals surface area contributed by atoms with E-state index in [4.69, 9.17) is 4.74 Å². The number of thiol groups is 1. The van der Waals surface area contributed by atoms with Crippen molar-refractivity contribution in [3.8, 4) is 5.75 Å². The lowest BCUT2D eigenvalue weighted by Gasteiger charge is -2.08. The Labute approximate surface area is 105 Å². The average molecular weight is 287 g/mol. The second kappa shape index (κ2) is 6.23. The van der Waals surface area contributed by atoms with E-state index in [0.29, 0.717) is 6.61 Å². The summed E-state index contributed by atoms with van der Waals surface area (Å²) in [5.74, 6) is 1.67. The Kier molecular flexibility index (Phi) is 5.26. The summed E-state index contributed by atoms with van der Waals surface area (Å²) in [7, 11) is 0.